The maximum absolute atomic E-state index is 14.1. The van der Waals surface area contributed by atoms with Crippen LogP contribution in [0.5, 0.6) is 5.75 Å². The number of aromatic amines is 1. The Morgan fingerprint density at radius 2 is 1.91 bits per heavy atom. The molecule has 10 heteroatoms. The first-order valence-electron chi connectivity index (χ1n) is 12.2. The second-order valence-corrected chi connectivity index (χ2v) is 9.65. The topological polar surface area (TPSA) is 90.8 Å². The Bertz CT molecular complexity index is 1130. The summed E-state index contributed by atoms with van der Waals surface area (Å²) in [7, 11) is 0. The number of aromatic nitrogens is 5. The van der Waals surface area contributed by atoms with Gasteiger partial charge in [-0.3, -0.25) is 5.10 Å². The van der Waals surface area contributed by atoms with Crippen LogP contribution >= 0.6 is 0 Å². The highest BCUT2D eigenvalue weighted by molar-refractivity contribution is 5.72. The number of anilines is 1. The molecule has 35 heavy (non-hydrogen) atoms. The van der Waals surface area contributed by atoms with Crippen LogP contribution in [0.2, 0.25) is 0 Å². The van der Waals surface area contributed by atoms with Crippen LogP contribution in [-0.2, 0) is 0 Å². The van der Waals surface area contributed by atoms with Gasteiger partial charge < -0.3 is 10.0 Å². The van der Waals surface area contributed by atoms with Gasteiger partial charge in [0.05, 0.1) is 23.9 Å². The Morgan fingerprint density at radius 1 is 1.09 bits per heavy atom. The molecule has 2 saturated carbocycles. The van der Waals surface area contributed by atoms with E-state index in [0.717, 1.165) is 36.8 Å². The molecule has 3 aromatic rings. The Hall–Kier alpha value is -3.17. The molecule has 0 saturated heterocycles. The second kappa shape index (κ2) is 9.47. The predicted molar refractivity (Wildman–Crippen MR) is 126 cm³/mol. The van der Waals surface area contributed by atoms with Crippen LogP contribution in [0.1, 0.15) is 51.9 Å². The van der Waals surface area contributed by atoms with Crippen molar-refractivity contribution in [3.05, 3.63) is 36.8 Å². The number of nitrogens with zero attached hydrogens (tertiary/aromatic N) is 5. The molecule has 0 bridgehead atoms. The number of phenolic OH excluding ortho intramolecular Hbond substituents is 1. The SMILES string of the molecule is CC[C@@H]1CCC[C@H](C(F)(F)F)[C@H](N(c2cnc(-c3ccc(-c4cn[nH]c4)cc3O)nn2)C2CC2)C1. The molecule has 0 amide bonds. The third-order valence-corrected chi connectivity index (χ3v) is 7.35. The fraction of sp³-hybridized carbons (Fsp3) is 0.520. The standard InChI is InChI=1S/C25H29F3N6O/c1-2-15-4-3-5-20(25(26,27)28)21(10-15)34(18-7-8-18)23-14-29-24(33-32-23)19-9-6-16(11-22(19)35)17-12-30-31-13-17/h6,9,11-15,18,20-21,35H,2-5,7-8,10H2,1H3,(H,30,31)/t15-,20+,21-/m1/s1. The van der Waals surface area contributed by atoms with Gasteiger partial charge in [0.25, 0.3) is 0 Å². The van der Waals surface area contributed by atoms with E-state index in [2.05, 4.69) is 32.3 Å². The van der Waals surface area contributed by atoms with E-state index in [-0.39, 0.29) is 30.0 Å². The van der Waals surface area contributed by atoms with Crippen molar-refractivity contribution < 1.29 is 18.3 Å². The first kappa shape index (κ1) is 23.6. The van der Waals surface area contributed by atoms with E-state index in [0.29, 0.717) is 24.2 Å². The highest BCUT2D eigenvalue weighted by Crippen LogP contribution is 2.45. The molecular weight excluding hydrogens is 457 g/mol. The minimum absolute atomic E-state index is 0.0102. The van der Waals surface area contributed by atoms with E-state index in [1.54, 1.807) is 24.5 Å². The van der Waals surface area contributed by atoms with Crippen molar-refractivity contribution in [3.8, 4) is 28.3 Å². The number of H-pyrrole nitrogens is 1. The number of alkyl halides is 3. The molecule has 0 aliphatic heterocycles. The lowest BCUT2D eigenvalue weighted by atomic mass is 9.89. The summed E-state index contributed by atoms with van der Waals surface area (Å²) in [5, 5.41) is 25.7. The normalized spacial score (nSPS) is 23.1. The van der Waals surface area contributed by atoms with E-state index >= 15 is 0 Å². The largest absolute Gasteiger partial charge is 0.507 e. The molecule has 186 valence electrons. The molecule has 0 radical (unpaired) electrons. The molecule has 2 heterocycles. The first-order chi connectivity index (χ1) is 16.8. The van der Waals surface area contributed by atoms with Crippen molar-refractivity contribution in [1.29, 1.82) is 0 Å². The van der Waals surface area contributed by atoms with Crippen molar-refractivity contribution >= 4 is 5.82 Å². The van der Waals surface area contributed by atoms with Crippen molar-refractivity contribution in [2.75, 3.05) is 4.90 Å². The average Bonchev–Trinajstić information content (AvgIpc) is 3.56. The van der Waals surface area contributed by atoms with E-state index in [4.69, 9.17) is 0 Å². The van der Waals surface area contributed by atoms with Crippen LogP contribution in [0.15, 0.2) is 36.8 Å². The molecule has 0 spiro atoms. The average molecular weight is 487 g/mol. The third-order valence-electron chi connectivity index (χ3n) is 7.35. The summed E-state index contributed by atoms with van der Waals surface area (Å²) in [5.74, 6) is -0.536. The quantitative estimate of drug-likeness (QED) is 0.431. The summed E-state index contributed by atoms with van der Waals surface area (Å²) in [4.78, 5) is 6.25. The van der Waals surface area contributed by atoms with Crippen molar-refractivity contribution in [3.63, 3.8) is 0 Å². The van der Waals surface area contributed by atoms with Crippen LogP contribution in [0.25, 0.3) is 22.5 Å². The van der Waals surface area contributed by atoms with Gasteiger partial charge in [-0.15, -0.1) is 10.2 Å². The molecule has 7 nitrogen and oxygen atoms in total. The Balaban J connectivity index is 1.44. The van der Waals surface area contributed by atoms with Crippen LogP contribution < -0.4 is 4.90 Å². The minimum atomic E-state index is -4.26. The first-order valence-corrected chi connectivity index (χ1v) is 12.2. The van der Waals surface area contributed by atoms with Gasteiger partial charge >= 0.3 is 6.18 Å². The number of phenols is 1. The van der Waals surface area contributed by atoms with Crippen molar-refractivity contribution in [1.82, 2.24) is 25.4 Å². The molecule has 0 unspecified atom stereocenters. The number of halogens is 3. The number of aromatic hydroxyl groups is 1. The maximum Gasteiger partial charge on any atom is 0.393 e. The van der Waals surface area contributed by atoms with Crippen LogP contribution in [0, 0.1) is 11.8 Å². The van der Waals surface area contributed by atoms with Gasteiger partial charge in [-0.05, 0) is 49.3 Å². The van der Waals surface area contributed by atoms with E-state index in [9.17, 15) is 18.3 Å². The van der Waals surface area contributed by atoms with Gasteiger partial charge in [0, 0.05) is 23.8 Å². The van der Waals surface area contributed by atoms with Gasteiger partial charge in [0.2, 0.25) is 0 Å². The zero-order valence-corrected chi connectivity index (χ0v) is 19.5. The highest BCUT2D eigenvalue weighted by Gasteiger charge is 2.50. The zero-order chi connectivity index (χ0) is 24.6. The number of hydrogen-bond acceptors (Lipinski definition) is 6. The summed E-state index contributed by atoms with van der Waals surface area (Å²) < 4.78 is 42.3. The highest BCUT2D eigenvalue weighted by atomic mass is 19.4. The lowest BCUT2D eigenvalue weighted by Crippen LogP contribution is -2.48. The van der Waals surface area contributed by atoms with Gasteiger partial charge in [0.1, 0.15) is 5.75 Å². The van der Waals surface area contributed by atoms with Gasteiger partial charge in [-0.25, -0.2) is 4.98 Å². The number of hydrogen-bond donors (Lipinski definition) is 2. The molecule has 2 aliphatic rings. The van der Waals surface area contributed by atoms with Crippen molar-refractivity contribution in [2.45, 2.75) is 70.1 Å². The monoisotopic (exact) mass is 486 g/mol. The molecule has 2 aliphatic carbocycles. The summed E-state index contributed by atoms with van der Waals surface area (Å²) >= 11 is 0. The molecule has 2 N–H and O–H groups in total. The fourth-order valence-electron chi connectivity index (χ4n) is 5.30. The predicted octanol–water partition coefficient (Wildman–Crippen LogP) is 5.75. The summed E-state index contributed by atoms with van der Waals surface area (Å²) in [6.07, 6.45) is 5.24. The zero-order valence-electron chi connectivity index (χ0n) is 19.5. The Kier molecular flexibility index (Phi) is 6.37. The van der Waals surface area contributed by atoms with Crippen LogP contribution in [-0.4, -0.2) is 48.7 Å². The third kappa shape index (κ3) is 4.97. The Labute approximate surface area is 201 Å². The van der Waals surface area contributed by atoms with E-state index in [1.165, 1.54) is 6.20 Å². The van der Waals surface area contributed by atoms with Gasteiger partial charge in [0.15, 0.2) is 11.6 Å². The van der Waals surface area contributed by atoms with Gasteiger partial charge in [-0.2, -0.15) is 18.3 Å². The smallest absolute Gasteiger partial charge is 0.393 e. The summed E-state index contributed by atoms with van der Waals surface area (Å²) in [6, 6.07) is 4.48. The van der Waals surface area contributed by atoms with E-state index < -0.39 is 18.1 Å². The molecule has 2 aromatic heterocycles. The van der Waals surface area contributed by atoms with Crippen molar-refractivity contribution in [2.24, 2.45) is 11.8 Å². The number of benzene rings is 1. The molecule has 2 fully saturated rings. The van der Waals surface area contributed by atoms with Gasteiger partial charge in [-0.1, -0.05) is 32.3 Å². The van der Waals surface area contributed by atoms with Crippen LogP contribution in [0.3, 0.4) is 0 Å². The number of rotatable bonds is 6. The molecule has 5 rings (SSSR count). The molecular formula is C25H29F3N6O. The second-order valence-electron chi connectivity index (χ2n) is 9.65. The maximum atomic E-state index is 14.1. The lowest BCUT2D eigenvalue weighted by molar-refractivity contribution is -0.182. The summed E-state index contributed by atoms with van der Waals surface area (Å²) in [6.45, 7) is 2.05. The number of nitrogens with one attached hydrogen (secondary N) is 1. The molecule has 3 atom stereocenters. The summed E-state index contributed by atoms with van der Waals surface area (Å²) in [5.41, 5.74) is 2.01. The minimum Gasteiger partial charge on any atom is -0.507 e. The Morgan fingerprint density at radius 3 is 2.51 bits per heavy atom. The lowest BCUT2D eigenvalue weighted by Gasteiger charge is -2.38. The van der Waals surface area contributed by atoms with Crippen LogP contribution in [0.4, 0.5) is 19.0 Å². The van der Waals surface area contributed by atoms with E-state index in [1.807, 2.05) is 11.0 Å². The molecule has 1 aromatic carbocycles. The fourth-order valence-corrected chi connectivity index (χ4v) is 5.30.